The first kappa shape index (κ1) is 9.17. The highest BCUT2D eigenvalue weighted by atomic mass is 19.1. The number of aromatic nitrogens is 1. The Bertz CT molecular complexity index is 263. The smallest absolute Gasteiger partial charge is 0.116 e. The third-order valence-electron chi connectivity index (χ3n) is 1.82. The van der Waals surface area contributed by atoms with Gasteiger partial charge in [0.25, 0.3) is 0 Å². The zero-order valence-electron chi connectivity index (χ0n) is 7.76. The van der Waals surface area contributed by atoms with Crippen LogP contribution in [-0.2, 0) is 12.1 Å². The molecule has 1 heterocycles. The van der Waals surface area contributed by atoms with Gasteiger partial charge in [-0.05, 0) is 17.0 Å². The minimum absolute atomic E-state index is 0.0537. The van der Waals surface area contributed by atoms with E-state index in [4.69, 9.17) is 0 Å². The van der Waals surface area contributed by atoms with Crippen molar-refractivity contribution in [3.63, 3.8) is 0 Å². The fraction of sp³-hybridized carbons (Fsp3) is 0.500. The van der Waals surface area contributed by atoms with Crippen LogP contribution in [0.2, 0.25) is 0 Å². The van der Waals surface area contributed by atoms with Crippen molar-refractivity contribution in [2.45, 2.75) is 32.9 Å². The first-order chi connectivity index (χ1) is 5.54. The van der Waals surface area contributed by atoms with Crippen LogP contribution in [0.25, 0.3) is 0 Å². The first-order valence-corrected chi connectivity index (χ1v) is 4.04. The molecule has 12 heavy (non-hydrogen) atoms. The number of hydrogen-bond acceptors (Lipinski definition) is 1. The molecular weight excluding hydrogens is 153 g/mol. The minimum atomic E-state index is -0.434. The van der Waals surface area contributed by atoms with Gasteiger partial charge < -0.3 is 0 Å². The molecule has 0 aliphatic carbocycles. The van der Waals surface area contributed by atoms with Crippen molar-refractivity contribution < 1.29 is 4.39 Å². The zero-order chi connectivity index (χ0) is 9.19. The molecule has 0 aliphatic rings. The van der Waals surface area contributed by atoms with E-state index in [-0.39, 0.29) is 5.41 Å². The third-order valence-corrected chi connectivity index (χ3v) is 1.82. The van der Waals surface area contributed by atoms with Gasteiger partial charge in [-0.3, -0.25) is 4.98 Å². The summed E-state index contributed by atoms with van der Waals surface area (Å²) in [6.45, 7) is 5.83. The predicted octanol–water partition coefficient (Wildman–Crippen LogP) is 2.85. The Kier molecular flexibility index (Phi) is 2.46. The second kappa shape index (κ2) is 3.21. The van der Waals surface area contributed by atoms with E-state index < -0.39 is 6.67 Å². The van der Waals surface area contributed by atoms with Gasteiger partial charge in [0.2, 0.25) is 0 Å². The van der Waals surface area contributed by atoms with Crippen molar-refractivity contribution >= 4 is 0 Å². The molecular formula is C10H14FN. The second-order valence-electron chi connectivity index (χ2n) is 3.97. The predicted molar refractivity (Wildman–Crippen MR) is 47.7 cm³/mol. The quantitative estimate of drug-likeness (QED) is 0.626. The molecule has 0 spiro atoms. The number of hydrogen-bond donors (Lipinski definition) is 0. The Balaban J connectivity index is 3.02. The standard InChI is InChI=1S/C10H14FN/c1-10(2,3)9-4-8(5-11)6-12-7-9/h4,6-7H,5H2,1-3H3. The van der Waals surface area contributed by atoms with Gasteiger partial charge in [-0.1, -0.05) is 20.8 Å². The molecule has 0 bridgehead atoms. The van der Waals surface area contributed by atoms with Crippen molar-refractivity contribution in [2.75, 3.05) is 0 Å². The Hall–Kier alpha value is -0.920. The molecule has 0 radical (unpaired) electrons. The third kappa shape index (κ3) is 2.03. The molecule has 0 aliphatic heterocycles. The van der Waals surface area contributed by atoms with E-state index in [0.717, 1.165) is 5.56 Å². The molecule has 0 N–H and O–H groups in total. The van der Waals surface area contributed by atoms with Crippen molar-refractivity contribution in [3.8, 4) is 0 Å². The van der Waals surface area contributed by atoms with Gasteiger partial charge >= 0.3 is 0 Å². The number of nitrogens with zero attached hydrogens (tertiary/aromatic N) is 1. The Morgan fingerprint density at radius 2 is 2.00 bits per heavy atom. The van der Waals surface area contributed by atoms with E-state index >= 15 is 0 Å². The Morgan fingerprint density at radius 1 is 1.33 bits per heavy atom. The van der Waals surface area contributed by atoms with E-state index in [0.29, 0.717) is 5.56 Å². The molecule has 0 saturated heterocycles. The molecule has 1 aromatic heterocycles. The monoisotopic (exact) mass is 167 g/mol. The number of rotatable bonds is 1. The summed E-state index contributed by atoms with van der Waals surface area (Å²) in [5.41, 5.74) is 1.79. The van der Waals surface area contributed by atoms with Gasteiger partial charge in [0.1, 0.15) is 6.67 Å². The van der Waals surface area contributed by atoms with Crippen molar-refractivity contribution in [2.24, 2.45) is 0 Å². The topological polar surface area (TPSA) is 12.9 Å². The summed E-state index contributed by atoms with van der Waals surface area (Å²) in [4.78, 5) is 3.98. The van der Waals surface area contributed by atoms with Crippen LogP contribution in [0.15, 0.2) is 18.5 Å². The number of alkyl halides is 1. The molecule has 1 aromatic rings. The van der Waals surface area contributed by atoms with Gasteiger partial charge in [0.15, 0.2) is 0 Å². The summed E-state index contributed by atoms with van der Waals surface area (Å²) in [7, 11) is 0. The average Bonchev–Trinajstić information content (AvgIpc) is 2.03. The van der Waals surface area contributed by atoms with Gasteiger partial charge in [0.05, 0.1) is 0 Å². The van der Waals surface area contributed by atoms with Crippen LogP contribution >= 0.6 is 0 Å². The van der Waals surface area contributed by atoms with Crippen LogP contribution in [0.3, 0.4) is 0 Å². The SMILES string of the molecule is CC(C)(C)c1cncc(CF)c1. The van der Waals surface area contributed by atoms with Crippen LogP contribution in [0, 0.1) is 0 Å². The number of halogens is 1. The van der Waals surface area contributed by atoms with Gasteiger partial charge in [0, 0.05) is 18.0 Å². The van der Waals surface area contributed by atoms with Crippen molar-refractivity contribution in [3.05, 3.63) is 29.6 Å². The lowest BCUT2D eigenvalue weighted by Crippen LogP contribution is -2.11. The average molecular weight is 167 g/mol. The highest BCUT2D eigenvalue weighted by molar-refractivity contribution is 5.23. The Morgan fingerprint density at radius 3 is 2.50 bits per heavy atom. The maximum atomic E-state index is 12.3. The molecule has 0 aromatic carbocycles. The lowest BCUT2D eigenvalue weighted by atomic mass is 9.88. The minimum Gasteiger partial charge on any atom is -0.264 e. The summed E-state index contributed by atoms with van der Waals surface area (Å²) in [6.07, 6.45) is 3.36. The van der Waals surface area contributed by atoms with E-state index in [1.807, 2.05) is 6.07 Å². The van der Waals surface area contributed by atoms with Crippen LogP contribution < -0.4 is 0 Å². The lowest BCUT2D eigenvalue weighted by molar-refractivity contribution is 0.482. The molecule has 1 nitrogen and oxygen atoms in total. The molecule has 2 heteroatoms. The largest absolute Gasteiger partial charge is 0.264 e. The van der Waals surface area contributed by atoms with Gasteiger partial charge in [-0.15, -0.1) is 0 Å². The molecule has 0 fully saturated rings. The highest BCUT2D eigenvalue weighted by Crippen LogP contribution is 2.21. The second-order valence-corrected chi connectivity index (χ2v) is 3.97. The maximum absolute atomic E-state index is 12.3. The highest BCUT2D eigenvalue weighted by Gasteiger charge is 2.13. The summed E-state index contributed by atoms with van der Waals surface area (Å²) >= 11 is 0. The summed E-state index contributed by atoms with van der Waals surface area (Å²) in [5, 5.41) is 0. The van der Waals surface area contributed by atoms with E-state index in [1.165, 1.54) is 0 Å². The molecule has 0 saturated carbocycles. The van der Waals surface area contributed by atoms with E-state index in [2.05, 4.69) is 25.8 Å². The van der Waals surface area contributed by atoms with E-state index in [1.54, 1.807) is 12.4 Å². The maximum Gasteiger partial charge on any atom is 0.116 e. The van der Waals surface area contributed by atoms with Crippen LogP contribution in [0.1, 0.15) is 31.9 Å². The fourth-order valence-electron chi connectivity index (χ4n) is 0.971. The van der Waals surface area contributed by atoms with Crippen LogP contribution in [-0.4, -0.2) is 4.98 Å². The summed E-state index contributed by atoms with van der Waals surface area (Å²) in [5.74, 6) is 0. The van der Waals surface area contributed by atoms with Crippen LogP contribution in [0.5, 0.6) is 0 Å². The van der Waals surface area contributed by atoms with Crippen LogP contribution in [0.4, 0.5) is 4.39 Å². The number of pyridine rings is 1. The molecule has 1 rings (SSSR count). The normalized spacial score (nSPS) is 11.7. The summed E-state index contributed by atoms with van der Waals surface area (Å²) < 4.78 is 12.3. The molecule has 0 unspecified atom stereocenters. The molecule has 0 amide bonds. The molecule has 0 atom stereocenters. The summed E-state index contributed by atoms with van der Waals surface area (Å²) in [6, 6.07) is 1.87. The lowest BCUT2D eigenvalue weighted by Gasteiger charge is -2.18. The molecule has 66 valence electrons. The van der Waals surface area contributed by atoms with Crippen molar-refractivity contribution in [1.82, 2.24) is 4.98 Å². The fourth-order valence-corrected chi connectivity index (χ4v) is 0.971. The Labute approximate surface area is 72.6 Å². The van der Waals surface area contributed by atoms with Gasteiger partial charge in [-0.25, -0.2) is 4.39 Å². The van der Waals surface area contributed by atoms with Gasteiger partial charge in [-0.2, -0.15) is 0 Å². The van der Waals surface area contributed by atoms with E-state index in [9.17, 15) is 4.39 Å². The van der Waals surface area contributed by atoms with Crippen molar-refractivity contribution in [1.29, 1.82) is 0 Å². The first-order valence-electron chi connectivity index (χ1n) is 4.04. The zero-order valence-corrected chi connectivity index (χ0v) is 7.76.